The van der Waals surface area contributed by atoms with E-state index in [1.165, 1.54) is 13.8 Å². The molecule has 0 bridgehead atoms. The minimum atomic E-state index is 0. The Hall–Kier alpha value is -0.370. The van der Waals surface area contributed by atoms with Gasteiger partial charge < -0.3 is 9.53 Å². The number of rotatable bonds is 1. The molecule has 74 valence electrons. The van der Waals surface area contributed by atoms with Crippen molar-refractivity contribution >= 4 is 5.78 Å². The fourth-order valence-corrected chi connectivity index (χ4v) is 0. The topological polar surface area (TPSA) is 26.3 Å². The first-order valence-electron chi connectivity index (χ1n) is 2.61. The second-order valence-electron chi connectivity index (χ2n) is 1.49. The van der Waals surface area contributed by atoms with Crippen LogP contribution < -0.4 is 0 Å². The zero-order chi connectivity index (χ0) is 6.99. The average Bonchev–Trinajstić information content (AvgIpc) is 1.65. The molecule has 0 saturated carbocycles. The third-order valence-corrected chi connectivity index (χ3v) is 0.289. The smallest absolute Gasteiger partial charge is 0.126 e. The fourth-order valence-electron chi connectivity index (χ4n) is 0. The lowest BCUT2D eigenvalue weighted by molar-refractivity contribution is -0.114. The molecule has 2 heteroatoms. The highest BCUT2D eigenvalue weighted by Crippen LogP contribution is 1.52. The molecule has 2 nitrogen and oxygen atoms in total. The van der Waals surface area contributed by atoms with E-state index in [1.807, 2.05) is 6.92 Å². The number of carbonyl (C=O) groups is 1. The maximum Gasteiger partial charge on any atom is 0.126 e. The van der Waals surface area contributed by atoms with Gasteiger partial charge in [-0.05, 0) is 20.8 Å². The van der Waals surface area contributed by atoms with E-state index in [0.29, 0.717) is 0 Å². The summed E-state index contributed by atoms with van der Waals surface area (Å²) in [5, 5.41) is 0. The van der Waals surface area contributed by atoms with E-state index in [1.54, 1.807) is 7.11 Å². The Kier molecular flexibility index (Phi) is 94.6. The summed E-state index contributed by atoms with van der Waals surface area (Å²) in [7, 11) is 1.68. The van der Waals surface area contributed by atoms with Crippen molar-refractivity contribution < 1.29 is 9.53 Å². The highest BCUT2D eigenvalue weighted by molar-refractivity contribution is 5.72. The van der Waals surface area contributed by atoms with Crippen molar-refractivity contribution in [3.63, 3.8) is 0 Å². The quantitative estimate of drug-likeness (QED) is 0.598. The van der Waals surface area contributed by atoms with E-state index in [-0.39, 0.29) is 28.1 Å². The molecule has 0 aliphatic heterocycles. The van der Waals surface area contributed by atoms with Crippen molar-refractivity contribution in [2.45, 2.75) is 43.1 Å². The first-order chi connectivity index (χ1) is 3.65. The van der Waals surface area contributed by atoms with Gasteiger partial charge in [0.15, 0.2) is 0 Å². The maximum atomic E-state index is 9.44. The highest BCUT2D eigenvalue weighted by Gasteiger charge is 1.62. The van der Waals surface area contributed by atoms with Gasteiger partial charge in [0, 0.05) is 13.7 Å². The molecule has 0 fully saturated rings. The zero-order valence-corrected chi connectivity index (χ0v) is 6.02. The summed E-state index contributed by atoms with van der Waals surface area (Å²) in [6.45, 7) is 5.83. The fraction of sp³-hybridized carbons (Fsp3) is 0.889. The zero-order valence-electron chi connectivity index (χ0n) is 6.02. The van der Waals surface area contributed by atoms with Gasteiger partial charge >= 0.3 is 0 Å². The van der Waals surface area contributed by atoms with Crippen LogP contribution in [-0.4, -0.2) is 19.5 Å². The molecule has 0 atom stereocenters. The van der Waals surface area contributed by atoms with E-state index >= 15 is 0 Å². The van der Waals surface area contributed by atoms with Gasteiger partial charge in [0.2, 0.25) is 0 Å². The van der Waals surface area contributed by atoms with Crippen LogP contribution in [0.1, 0.15) is 43.1 Å². The van der Waals surface area contributed by atoms with Crippen molar-refractivity contribution in [2.24, 2.45) is 0 Å². The number of ketones is 1. The Balaban J connectivity index is -0.0000000171. The number of hydrogen-bond acceptors (Lipinski definition) is 2. The van der Waals surface area contributed by atoms with Crippen LogP contribution in [-0.2, 0) is 9.53 Å². The van der Waals surface area contributed by atoms with Crippen molar-refractivity contribution in [1.29, 1.82) is 0 Å². The van der Waals surface area contributed by atoms with Crippen LogP contribution in [0, 0.1) is 0 Å². The summed E-state index contributed by atoms with van der Waals surface area (Å²) in [5.74, 6) is 0.167. The molecular formula is C9H26O2. The van der Waals surface area contributed by atoms with Crippen LogP contribution in [0.5, 0.6) is 0 Å². The molecule has 0 saturated heterocycles. The Morgan fingerprint density at radius 2 is 1.27 bits per heavy atom. The molecular weight excluding hydrogens is 140 g/mol. The van der Waals surface area contributed by atoms with Gasteiger partial charge in [-0.2, -0.15) is 0 Å². The van der Waals surface area contributed by atoms with Gasteiger partial charge in [-0.15, -0.1) is 0 Å². The van der Waals surface area contributed by atoms with Crippen LogP contribution in [0.2, 0.25) is 0 Å². The molecule has 0 spiro atoms. The number of Topliss-reactive ketones (excluding diaryl/α,β-unsaturated/α-hetero) is 1. The van der Waals surface area contributed by atoms with Crippen molar-refractivity contribution in [1.82, 2.24) is 0 Å². The molecule has 0 aromatic rings. The van der Waals surface area contributed by atoms with Crippen LogP contribution in [0.3, 0.4) is 0 Å². The second-order valence-corrected chi connectivity index (χ2v) is 1.49. The molecule has 0 amide bonds. The predicted molar refractivity (Wildman–Crippen MR) is 54.1 cm³/mol. The molecule has 11 heavy (non-hydrogen) atoms. The molecule has 0 heterocycles. The lowest BCUT2D eigenvalue weighted by Crippen LogP contribution is -1.73. The standard InChI is InChI=1S/C3H8O.C3H6O.3CH4/c1-3-4-2;1-3(2)4;;;/h3H2,1-2H3;1-2H3;3*1H4. The normalized spacial score (nSPS) is 5.09. The lowest BCUT2D eigenvalue weighted by Gasteiger charge is -1.76. The first-order valence-corrected chi connectivity index (χ1v) is 2.61. The largest absolute Gasteiger partial charge is 0.385 e. The van der Waals surface area contributed by atoms with E-state index in [0.717, 1.165) is 6.61 Å². The summed E-state index contributed by atoms with van der Waals surface area (Å²) in [5.41, 5.74) is 0. The number of methoxy groups -OCH3 is 1. The predicted octanol–water partition coefficient (Wildman–Crippen LogP) is 3.16. The second kappa shape index (κ2) is 33.5. The average molecular weight is 166 g/mol. The van der Waals surface area contributed by atoms with Crippen LogP contribution in [0.4, 0.5) is 0 Å². The Morgan fingerprint density at radius 1 is 1.18 bits per heavy atom. The SMILES string of the molecule is C.C.C.CC(C)=O.CCOC. The number of hydrogen-bond donors (Lipinski definition) is 0. The number of carbonyl (C=O) groups excluding carboxylic acids is 1. The number of ether oxygens (including phenoxy) is 1. The van der Waals surface area contributed by atoms with Gasteiger partial charge in [-0.3, -0.25) is 0 Å². The first kappa shape index (κ1) is 31.1. The molecule has 0 aliphatic carbocycles. The maximum absolute atomic E-state index is 9.44. The summed E-state index contributed by atoms with van der Waals surface area (Å²) in [4.78, 5) is 9.44. The summed E-state index contributed by atoms with van der Waals surface area (Å²) in [6.07, 6.45) is 0. The van der Waals surface area contributed by atoms with E-state index in [2.05, 4.69) is 4.74 Å². The van der Waals surface area contributed by atoms with E-state index < -0.39 is 0 Å². The van der Waals surface area contributed by atoms with Crippen molar-refractivity contribution in [3.05, 3.63) is 0 Å². The molecule has 0 aromatic heterocycles. The van der Waals surface area contributed by atoms with Crippen LogP contribution in [0.15, 0.2) is 0 Å². The Bertz CT molecular complexity index is 45.5. The molecule has 0 N–H and O–H groups in total. The minimum Gasteiger partial charge on any atom is -0.385 e. The molecule has 0 aliphatic rings. The third-order valence-electron chi connectivity index (χ3n) is 0.289. The van der Waals surface area contributed by atoms with Crippen LogP contribution >= 0.6 is 0 Å². The Morgan fingerprint density at radius 3 is 1.27 bits per heavy atom. The molecule has 0 radical (unpaired) electrons. The Labute approximate surface area is 73.0 Å². The molecule has 0 unspecified atom stereocenters. The minimum absolute atomic E-state index is 0. The summed E-state index contributed by atoms with van der Waals surface area (Å²) in [6, 6.07) is 0. The monoisotopic (exact) mass is 166 g/mol. The van der Waals surface area contributed by atoms with E-state index in [9.17, 15) is 4.79 Å². The molecule has 0 rings (SSSR count). The van der Waals surface area contributed by atoms with Gasteiger partial charge in [0.1, 0.15) is 5.78 Å². The summed E-state index contributed by atoms with van der Waals surface area (Å²) >= 11 is 0. The highest BCUT2D eigenvalue weighted by atomic mass is 16.5. The van der Waals surface area contributed by atoms with Gasteiger partial charge in [-0.1, -0.05) is 22.3 Å². The molecule has 0 aromatic carbocycles. The van der Waals surface area contributed by atoms with Crippen molar-refractivity contribution in [3.8, 4) is 0 Å². The van der Waals surface area contributed by atoms with Gasteiger partial charge in [0.25, 0.3) is 0 Å². The third kappa shape index (κ3) is 1410. The lowest BCUT2D eigenvalue weighted by atomic mass is 10.6. The van der Waals surface area contributed by atoms with Crippen molar-refractivity contribution in [2.75, 3.05) is 13.7 Å². The van der Waals surface area contributed by atoms with Crippen LogP contribution in [0.25, 0.3) is 0 Å². The van der Waals surface area contributed by atoms with E-state index in [4.69, 9.17) is 0 Å². The van der Waals surface area contributed by atoms with Gasteiger partial charge in [-0.25, -0.2) is 0 Å². The van der Waals surface area contributed by atoms with Gasteiger partial charge in [0.05, 0.1) is 0 Å². The summed E-state index contributed by atoms with van der Waals surface area (Å²) < 4.78 is 4.54.